The van der Waals surface area contributed by atoms with Gasteiger partial charge in [-0.2, -0.15) is 0 Å². The van der Waals surface area contributed by atoms with Crippen molar-refractivity contribution >= 4 is 17.4 Å². The summed E-state index contributed by atoms with van der Waals surface area (Å²) in [7, 11) is 0. The average Bonchev–Trinajstić information content (AvgIpc) is 2.85. The first-order chi connectivity index (χ1) is 16.1. The predicted octanol–water partition coefficient (Wildman–Crippen LogP) is 4.94. The van der Waals surface area contributed by atoms with Crippen LogP contribution >= 0.6 is 0 Å². The van der Waals surface area contributed by atoms with Crippen LogP contribution in [0.4, 0.5) is 11.5 Å². The second-order valence-electron chi connectivity index (χ2n) is 8.06. The molecule has 1 aromatic heterocycles. The summed E-state index contributed by atoms with van der Waals surface area (Å²) in [5, 5.41) is 11.8. The molecule has 0 saturated carbocycles. The van der Waals surface area contributed by atoms with Gasteiger partial charge in [0, 0.05) is 30.4 Å². The number of carbonyl (C=O) groups excluding carboxylic acids is 1. The highest BCUT2D eigenvalue weighted by molar-refractivity contribution is 5.94. The topological polar surface area (TPSA) is 76.6 Å². The Bertz CT molecular complexity index is 1070. The highest BCUT2D eigenvalue weighted by Gasteiger charge is 2.16. The minimum atomic E-state index is -0.672. The number of benzene rings is 2. The summed E-state index contributed by atoms with van der Waals surface area (Å²) in [5.74, 6) is 1.98. The molecule has 1 aliphatic rings. The molecule has 2 heterocycles. The molecular weight excluding hydrogens is 416 g/mol. The number of ether oxygens (including phenoxy) is 2. The fourth-order valence-electron chi connectivity index (χ4n) is 3.83. The Labute approximate surface area is 194 Å². The van der Waals surface area contributed by atoms with Crippen molar-refractivity contribution in [3.8, 4) is 22.8 Å². The van der Waals surface area contributed by atoms with Gasteiger partial charge in [-0.1, -0.05) is 18.2 Å². The number of nitrogens with zero attached hydrogens (tertiary/aromatic N) is 3. The lowest BCUT2D eigenvalue weighted by Gasteiger charge is -2.27. The van der Waals surface area contributed by atoms with Crippen LogP contribution in [-0.4, -0.2) is 41.9 Å². The molecule has 3 aromatic rings. The third kappa shape index (κ3) is 6.00. The zero-order chi connectivity index (χ0) is 23.0. The first-order valence-corrected chi connectivity index (χ1v) is 11.5. The van der Waals surface area contributed by atoms with Crippen molar-refractivity contribution in [1.82, 2.24) is 10.2 Å². The largest absolute Gasteiger partial charge is 0.494 e. The Morgan fingerprint density at radius 3 is 2.55 bits per heavy atom. The van der Waals surface area contributed by atoms with Crippen LogP contribution in [-0.2, 0) is 4.79 Å². The molecule has 4 rings (SSSR count). The van der Waals surface area contributed by atoms with E-state index in [-0.39, 0.29) is 5.91 Å². The molecule has 172 valence electrons. The number of rotatable bonds is 8. The van der Waals surface area contributed by atoms with E-state index < -0.39 is 6.10 Å². The first-order valence-electron chi connectivity index (χ1n) is 11.5. The fourth-order valence-corrected chi connectivity index (χ4v) is 3.83. The molecule has 0 aliphatic carbocycles. The lowest BCUT2D eigenvalue weighted by atomic mass is 10.1. The lowest BCUT2D eigenvalue weighted by Crippen LogP contribution is -2.30. The van der Waals surface area contributed by atoms with Gasteiger partial charge in [0.1, 0.15) is 11.5 Å². The summed E-state index contributed by atoms with van der Waals surface area (Å²) < 4.78 is 11.3. The molecule has 1 fully saturated rings. The van der Waals surface area contributed by atoms with E-state index in [1.165, 1.54) is 19.3 Å². The van der Waals surface area contributed by atoms with Crippen molar-refractivity contribution in [2.45, 2.75) is 39.2 Å². The van der Waals surface area contributed by atoms with Crippen LogP contribution in [0, 0.1) is 0 Å². The van der Waals surface area contributed by atoms with E-state index in [0.29, 0.717) is 23.8 Å². The number of piperidine rings is 1. The molecular formula is C26H30N4O3. The molecule has 33 heavy (non-hydrogen) atoms. The molecule has 7 nitrogen and oxygen atoms in total. The van der Waals surface area contributed by atoms with Crippen LogP contribution in [0.1, 0.15) is 33.1 Å². The summed E-state index contributed by atoms with van der Waals surface area (Å²) in [6.07, 6.45) is 3.01. The molecule has 1 amide bonds. The van der Waals surface area contributed by atoms with Crippen molar-refractivity contribution in [2.75, 3.05) is 29.9 Å². The van der Waals surface area contributed by atoms with Crippen molar-refractivity contribution in [2.24, 2.45) is 0 Å². The molecule has 2 aromatic carbocycles. The highest BCUT2D eigenvalue weighted by atomic mass is 16.5. The Morgan fingerprint density at radius 2 is 1.79 bits per heavy atom. The monoisotopic (exact) mass is 446 g/mol. The second kappa shape index (κ2) is 10.8. The average molecular weight is 447 g/mol. The first kappa shape index (κ1) is 22.6. The summed E-state index contributed by atoms with van der Waals surface area (Å²) in [6.45, 7) is 6.28. The summed E-state index contributed by atoms with van der Waals surface area (Å²) >= 11 is 0. The van der Waals surface area contributed by atoms with Crippen LogP contribution in [0.3, 0.4) is 0 Å². The zero-order valence-corrected chi connectivity index (χ0v) is 19.2. The van der Waals surface area contributed by atoms with Crippen molar-refractivity contribution in [1.29, 1.82) is 0 Å². The van der Waals surface area contributed by atoms with E-state index in [9.17, 15) is 4.79 Å². The molecule has 1 saturated heterocycles. The van der Waals surface area contributed by atoms with Gasteiger partial charge in [0.25, 0.3) is 5.91 Å². The fraction of sp³-hybridized carbons (Fsp3) is 0.346. The maximum absolute atomic E-state index is 12.7. The van der Waals surface area contributed by atoms with Gasteiger partial charge in [-0.15, -0.1) is 10.2 Å². The highest BCUT2D eigenvalue weighted by Crippen LogP contribution is 2.24. The van der Waals surface area contributed by atoms with E-state index >= 15 is 0 Å². The smallest absolute Gasteiger partial charge is 0.265 e. The van der Waals surface area contributed by atoms with Gasteiger partial charge < -0.3 is 19.7 Å². The van der Waals surface area contributed by atoms with Gasteiger partial charge in [0.15, 0.2) is 11.9 Å². The van der Waals surface area contributed by atoms with E-state index in [1.807, 2.05) is 55.5 Å². The van der Waals surface area contributed by atoms with Crippen molar-refractivity contribution < 1.29 is 14.3 Å². The SMILES string of the molecule is CCOc1cccc(OC(C)C(=O)Nc2cccc(-c3ccc(N4CCCCC4)nn3)c2)c1. The summed E-state index contributed by atoms with van der Waals surface area (Å²) in [5.41, 5.74) is 2.34. The van der Waals surface area contributed by atoms with Crippen LogP contribution in [0.15, 0.2) is 60.7 Å². The Hall–Kier alpha value is -3.61. The van der Waals surface area contributed by atoms with Crippen LogP contribution in [0.2, 0.25) is 0 Å². The number of carbonyl (C=O) groups is 1. The van der Waals surface area contributed by atoms with Gasteiger partial charge in [0.05, 0.1) is 12.3 Å². The minimum Gasteiger partial charge on any atom is -0.494 e. The van der Waals surface area contributed by atoms with Gasteiger partial charge in [-0.25, -0.2) is 0 Å². The van der Waals surface area contributed by atoms with Gasteiger partial charge in [0.2, 0.25) is 0 Å². The molecule has 0 radical (unpaired) electrons. The standard InChI is InChI=1S/C26H30N4O3/c1-3-32-22-11-8-12-23(18-22)33-19(2)26(31)27-21-10-7-9-20(17-21)24-13-14-25(29-28-24)30-15-5-4-6-16-30/h7-14,17-19H,3-6,15-16H2,1-2H3,(H,27,31). The van der Waals surface area contributed by atoms with Gasteiger partial charge in [-0.05, 0) is 69.5 Å². The summed E-state index contributed by atoms with van der Waals surface area (Å²) in [6, 6.07) is 18.9. The predicted molar refractivity (Wildman–Crippen MR) is 130 cm³/mol. The third-order valence-electron chi connectivity index (χ3n) is 5.55. The molecule has 0 bridgehead atoms. The molecule has 1 atom stereocenters. The summed E-state index contributed by atoms with van der Waals surface area (Å²) in [4.78, 5) is 15.0. The van der Waals surface area contributed by atoms with Crippen molar-refractivity contribution in [3.05, 3.63) is 60.7 Å². The van der Waals surface area contributed by atoms with Crippen LogP contribution < -0.4 is 19.7 Å². The number of hydrogen-bond donors (Lipinski definition) is 1. The molecule has 1 aliphatic heterocycles. The van der Waals surface area contributed by atoms with Crippen LogP contribution in [0.25, 0.3) is 11.3 Å². The van der Waals surface area contributed by atoms with E-state index in [4.69, 9.17) is 9.47 Å². The number of nitrogens with one attached hydrogen (secondary N) is 1. The normalized spacial score (nSPS) is 14.4. The number of amides is 1. The third-order valence-corrected chi connectivity index (χ3v) is 5.55. The van der Waals surface area contributed by atoms with Gasteiger partial charge >= 0.3 is 0 Å². The lowest BCUT2D eigenvalue weighted by molar-refractivity contribution is -0.122. The maximum Gasteiger partial charge on any atom is 0.265 e. The van der Waals surface area contributed by atoms with E-state index in [1.54, 1.807) is 19.1 Å². The zero-order valence-electron chi connectivity index (χ0n) is 19.2. The Balaban J connectivity index is 1.39. The molecule has 1 N–H and O–H groups in total. The maximum atomic E-state index is 12.7. The quantitative estimate of drug-likeness (QED) is 0.528. The number of hydrogen-bond acceptors (Lipinski definition) is 6. The second-order valence-corrected chi connectivity index (χ2v) is 8.06. The molecule has 0 spiro atoms. The Morgan fingerprint density at radius 1 is 1.00 bits per heavy atom. The molecule has 1 unspecified atom stereocenters. The molecule has 7 heteroatoms. The van der Waals surface area contributed by atoms with Crippen LogP contribution in [0.5, 0.6) is 11.5 Å². The van der Waals surface area contributed by atoms with Crippen molar-refractivity contribution in [3.63, 3.8) is 0 Å². The van der Waals surface area contributed by atoms with Gasteiger partial charge in [-0.3, -0.25) is 4.79 Å². The minimum absolute atomic E-state index is 0.236. The Kier molecular flexibility index (Phi) is 7.40. The van der Waals surface area contributed by atoms with E-state index in [0.717, 1.165) is 30.2 Å². The van der Waals surface area contributed by atoms with E-state index in [2.05, 4.69) is 20.4 Å². The number of aromatic nitrogens is 2. The number of anilines is 2.